The molecular formula is C14H28N4. The highest BCUT2D eigenvalue weighted by Gasteiger charge is 2.16. The van der Waals surface area contributed by atoms with Crippen LogP contribution < -0.4 is 5.32 Å². The van der Waals surface area contributed by atoms with Gasteiger partial charge in [-0.25, -0.2) is 0 Å². The number of nitrogens with one attached hydrogen (secondary N) is 1. The lowest BCUT2D eigenvalue weighted by molar-refractivity contribution is 0.342. The molecule has 0 aliphatic heterocycles. The monoisotopic (exact) mass is 252 g/mol. The highest BCUT2D eigenvalue weighted by atomic mass is 15.3. The lowest BCUT2D eigenvalue weighted by Gasteiger charge is -2.18. The van der Waals surface area contributed by atoms with Crippen molar-refractivity contribution in [2.24, 2.45) is 0 Å². The minimum atomic E-state index is 0.371. The first kappa shape index (κ1) is 15.2. The number of hydrogen-bond acceptors (Lipinski definition) is 3. The molecule has 0 bridgehead atoms. The maximum atomic E-state index is 4.58. The molecule has 1 unspecified atom stereocenters. The quantitative estimate of drug-likeness (QED) is 0.807. The smallest absolute Gasteiger partial charge is 0.0644 e. The van der Waals surface area contributed by atoms with Crippen molar-refractivity contribution in [1.29, 1.82) is 0 Å². The first-order valence-corrected chi connectivity index (χ1v) is 6.97. The summed E-state index contributed by atoms with van der Waals surface area (Å²) in [5.74, 6) is 0. The highest BCUT2D eigenvalue weighted by molar-refractivity contribution is 5.27. The SMILES string of the molecule is CCN(C)CCNC(C)c1c(C)nn(CC)c1C. The molecule has 0 aliphatic carbocycles. The van der Waals surface area contributed by atoms with E-state index in [-0.39, 0.29) is 0 Å². The third-order valence-electron chi connectivity index (χ3n) is 3.65. The molecule has 0 saturated heterocycles. The molecule has 0 saturated carbocycles. The van der Waals surface area contributed by atoms with Gasteiger partial charge in [-0.2, -0.15) is 5.10 Å². The molecule has 1 heterocycles. The van der Waals surface area contributed by atoms with Crippen LogP contribution in [0, 0.1) is 13.8 Å². The molecule has 4 heteroatoms. The summed E-state index contributed by atoms with van der Waals surface area (Å²) in [5.41, 5.74) is 3.80. The summed E-state index contributed by atoms with van der Waals surface area (Å²) in [6.07, 6.45) is 0. The van der Waals surface area contributed by atoms with Gasteiger partial charge in [0.2, 0.25) is 0 Å². The van der Waals surface area contributed by atoms with Crippen molar-refractivity contribution in [3.63, 3.8) is 0 Å². The van der Waals surface area contributed by atoms with Crippen molar-refractivity contribution in [2.75, 3.05) is 26.7 Å². The second-order valence-electron chi connectivity index (χ2n) is 4.97. The molecule has 0 radical (unpaired) electrons. The fourth-order valence-corrected chi connectivity index (χ4v) is 2.38. The van der Waals surface area contributed by atoms with Crippen molar-refractivity contribution in [3.8, 4) is 0 Å². The zero-order valence-corrected chi connectivity index (χ0v) is 12.7. The summed E-state index contributed by atoms with van der Waals surface area (Å²) < 4.78 is 2.08. The van der Waals surface area contributed by atoms with Crippen LogP contribution in [0.15, 0.2) is 0 Å². The standard InChI is InChI=1S/C14H28N4/c1-7-17(6)10-9-15-11(3)14-12(4)16-18(8-2)13(14)5/h11,15H,7-10H2,1-6H3. The fourth-order valence-electron chi connectivity index (χ4n) is 2.38. The lowest BCUT2D eigenvalue weighted by atomic mass is 10.1. The Bertz CT molecular complexity index is 370. The Morgan fingerprint density at radius 3 is 2.50 bits per heavy atom. The number of hydrogen-bond donors (Lipinski definition) is 1. The van der Waals surface area contributed by atoms with Gasteiger partial charge < -0.3 is 10.2 Å². The van der Waals surface area contributed by atoms with Crippen LogP contribution in [0.3, 0.4) is 0 Å². The predicted molar refractivity (Wildman–Crippen MR) is 77.0 cm³/mol. The molecule has 1 rings (SSSR count). The van der Waals surface area contributed by atoms with Gasteiger partial charge in [-0.05, 0) is 41.3 Å². The molecule has 104 valence electrons. The second kappa shape index (κ2) is 6.90. The number of likely N-dealkylation sites (N-methyl/N-ethyl adjacent to an activating group) is 1. The third-order valence-corrected chi connectivity index (χ3v) is 3.65. The van der Waals surface area contributed by atoms with E-state index < -0.39 is 0 Å². The molecule has 0 aliphatic rings. The summed E-state index contributed by atoms with van der Waals surface area (Å²) in [6.45, 7) is 15.0. The van der Waals surface area contributed by atoms with E-state index in [1.165, 1.54) is 11.3 Å². The molecule has 0 fully saturated rings. The summed E-state index contributed by atoms with van der Waals surface area (Å²) in [4.78, 5) is 2.31. The number of aromatic nitrogens is 2. The van der Waals surface area contributed by atoms with Gasteiger partial charge in [0.05, 0.1) is 5.69 Å². The topological polar surface area (TPSA) is 33.1 Å². The molecule has 1 aromatic heterocycles. The van der Waals surface area contributed by atoms with Gasteiger partial charge in [0, 0.05) is 36.9 Å². The minimum Gasteiger partial charge on any atom is -0.309 e. The predicted octanol–water partition coefficient (Wildman–Crippen LogP) is 2.12. The normalized spacial score (nSPS) is 13.3. The van der Waals surface area contributed by atoms with E-state index in [2.05, 4.69) is 61.7 Å². The second-order valence-corrected chi connectivity index (χ2v) is 4.97. The molecule has 0 spiro atoms. The molecule has 4 nitrogen and oxygen atoms in total. The third kappa shape index (κ3) is 3.56. The average molecular weight is 252 g/mol. The largest absolute Gasteiger partial charge is 0.309 e. The molecule has 0 amide bonds. The van der Waals surface area contributed by atoms with Crippen molar-refractivity contribution >= 4 is 0 Å². The molecular weight excluding hydrogens is 224 g/mol. The van der Waals surface area contributed by atoms with Crippen LogP contribution >= 0.6 is 0 Å². The number of nitrogens with zero attached hydrogens (tertiary/aromatic N) is 3. The van der Waals surface area contributed by atoms with Gasteiger partial charge in [-0.15, -0.1) is 0 Å². The van der Waals surface area contributed by atoms with Gasteiger partial charge in [-0.3, -0.25) is 4.68 Å². The van der Waals surface area contributed by atoms with Crippen LogP contribution in [0.2, 0.25) is 0 Å². The van der Waals surface area contributed by atoms with E-state index in [9.17, 15) is 0 Å². The van der Waals surface area contributed by atoms with E-state index in [0.717, 1.165) is 31.9 Å². The van der Waals surface area contributed by atoms with Crippen LogP contribution in [0.5, 0.6) is 0 Å². The van der Waals surface area contributed by atoms with Crippen molar-refractivity contribution < 1.29 is 0 Å². The van der Waals surface area contributed by atoms with Gasteiger partial charge >= 0.3 is 0 Å². The maximum Gasteiger partial charge on any atom is 0.0644 e. The van der Waals surface area contributed by atoms with Crippen LogP contribution in [0.25, 0.3) is 0 Å². The van der Waals surface area contributed by atoms with E-state index in [0.29, 0.717) is 6.04 Å². The maximum absolute atomic E-state index is 4.58. The Kier molecular flexibility index (Phi) is 5.82. The Morgan fingerprint density at radius 2 is 2.00 bits per heavy atom. The Balaban J connectivity index is 2.61. The molecule has 1 atom stereocenters. The first-order chi connectivity index (χ1) is 8.51. The van der Waals surface area contributed by atoms with Crippen molar-refractivity contribution in [3.05, 3.63) is 17.0 Å². The summed E-state index contributed by atoms with van der Waals surface area (Å²) in [6, 6.07) is 0.371. The average Bonchev–Trinajstić information content (AvgIpc) is 2.63. The fraction of sp³-hybridized carbons (Fsp3) is 0.786. The molecule has 1 aromatic rings. The zero-order chi connectivity index (χ0) is 13.7. The Morgan fingerprint density at radius 1 is 1.33 bits per heavy atom. The van der Waals surface area contributed by atoms with E-state index in [4.69, 9.17) is 0 Å². The Hall–Kier alpha value is -0.870. The van der Waals surface area contributed by atoms with E-state index >= 15 is 0 Å². The molecule has 1 N–H and O–H groups in total. The Labute approximate surface area is 111 Å². The number of rotatable bonds is 7. The van der Waals surface area contributed by atoms with Crippen LogP contribution in [0.1, 0.15) is 43.8 Å². The van der Waals surface area contributed by atoms with Crippen LogP contribution in [0.4, 0.5) is 0 Å². The van der Waals surface area contributed by atoms with Gasteiger partial charge in [-0.1, -0.05) is 6.92 Å². The highest BCUT2D eigenvalue weighted by Crippen LogP contribution is 2.20. The zero-order valence-electron chi connectivity index (χ0n) is 12.7. The number of aryl methyl sites for hydroxylation is 2. The summed E-state index contributed by atoms with van der Waals surface area (Å²) >= 11 is 0. The molecule has 18 heavy (non-hydrogen) atoms. The van der Waals surface area contributed by atoms with Crippen LogP contribution in [-0.2, 0) is 6.54 Å². The lowest BCUT2D eigenvalue weighted by Crippen LogP contribution is -2.30. The first-order valence-electron chi connectivity index (χ1n) is 6.97. The van der Waals surface area contributed by atoms with E-state index in [1.807, 2.05) is 0 Å². The summed E-state index contributed by atoms with van der Waals surface area (Å²) in [5, 5.41) is 8.16. The van der Waals surface area contributed by atoms with Crippen molar-refractivity contribution in [2.45, 2.75) is 47.2 Å². The van der Waals surface area contributed by atoms with E-state index in [1.54, 1.807) is 0 Å². The van der Waals surface area contributed by atoms with Crippen LogP contribution in [-0.4, -0.2) is 41.4 Å². The van der Waals surface area contributed by atoms with Gasteiger partial charge in [0.1, 0.15) is 0 Å². The van der Waals surface area contributed by atoms with Crippen molar-refractivity contribution in [1.82, 2.24) is 20.0 Å². The van der Waals surface area contributed by atoms with Gasteiger partial charge in [0.25, 0.3) is 0 Å². The van der Waals surface area contributed by atoms with Gasteiger partial charge in [0.15, 0.2) is 0 Å². The molecule has 0 aromatic carbocycles. The minimum absolute atomic E-state index is 0.371. The summed E-state index contributed by atoms with van der Waals surface area (Å²) in [7, 11) is 2.15.